The van der Waals surface area contributed by atoms with Gasteiger partial charge in [-0.1, -0.05) is 31.5 Å². The number of fused-ring (bicyclic) bond motifs is 3. The number of rotatable bonds is 9. The van der Waals surface area contributed by atoms with Crippen LogP contribution in [0.5, 0.6) is 11.5 Å². The maximum Gasteiger partial charge on any atom is 0.524 e. The van der Waals surface area contributed by atoms with Crippen molar-refractivity contribution in [2.45, 2.75) is 39.3 Å². The predicted molar refractivity (Wildman–Crippen MR) is 143 cm³/mol. The number of phenols is 1. The molecule has 5 N–H and O–H groups in total. The molecule has 12 nitrogen and oxygen atoms in total. The summed E-state index contributed by atoms with van der Waals surface area (Å²) in [7, 11) is -4.90. The van der Waals surface area contributed by atoms with E-state index in [1.165, 1.54) is 24.3 Å². The van der Waals surface area contributed by atoms with Crippen LogP contribution in [0.4, 0.5) is 5.82 Å². The van der Waals surface area contributed by atoms with E-state index in [1.807, 2.05) is 10.6 Å². The first-order valence-electron chi connectivity index (χ1n) is 12.2. The van der Waals surface area contributed by atoms with E-state index in [9.17, 15) is 29.0 Å². The van der Waals surface area contributed by atoms with E-state index in [4.69, 9.17) is 10.7 Å². The Morgan fingerprint density at radius 2 is 1.79 bits per heavy atom. The molecule has 39 heavy (non-hydrogen) atoms. The second-order valence-corrected chi connectivity index (χ2v) is 10.4. The average molecular weight is 551 g/mol. The molecule has 0 saturated heterocycles. The lowest BCUT2D eigenvalue weighted by molar-refractivity contribution is -0.137. The van der Waals surface area contributed by atoms with Crippen LogP contribution in [0, 0.1) is 0 Å². The number of aromatic nitrogens is 3. The molecule has 0 radical (unpaired) electrons. The monoisotopic (exact) mass is 551 g/mol. The highest BCUT2D eigenvalue weighted by Gasteiger charge is 2.25. The molecular formula is C26H26N5O7P. The van der Waals surface area contributed by atoms with Gasteiger partial charge in [0, 0.05) is 29.5 Å². The smallest absolute Gasteiger partial charge is 0.504 e. The Morgan fingerprint density at radius 3 is 2.49 bits per heavy atom. The number of nitrogen functional groups attached to an aromatic ring is 1. The van der Waals surface area contributed by atoms with Gasteiger partial charge in [0.1, 0.15) is 11.3 Å². The predicted octanol–water partition coefficient (Wildman–Crippen LogP) is 3.16. The van der Waals surface area contributed by atoms with Crippen molar-refractivity contribution in [1.29, 1.82) is 0 Å². The van der Waals surface area contributed by atoms with Crippen LogP contribution in [0.1, 0.15) is 36.7 Å². The number of phosphoric ester groups is 1. The van der Waals surface area contributed by atoms with Gasteiger partial charge in [0.15, 0.2) is 17.3 Å². The lowest BCUT2D eigenvalue weighted by Crippen LogP contribution is -2.29. The maximum absolute atomic E-state index is 12.1. The summed E-state index contributed by atoms with van der Waals surface area (Å²) in [6.07, 6.45) is 4.81. The lowest BCUT2D eigenvalue weighted by Gasteiger charge is -2.16. The number of nitrogens with two attached hydrogens (primary N) is 1. The second-order valence-electron chi connectivity index (χ2n) is 9.21. The Bertz CT molecular complexity index is 1690. The highest BCUT2D eigenvalue weighted by molar-refractivity contribution is 7.46. The SMILES string of the molecule is CCCCc1nc2c(N)nc3ccc(CN4C(=O)C=CC4=O)cc3c2n1Cc1cccc(OP(=O)(O)O)c1O. The lowest BCUT2D eigenvalue weighted by atomic mass is 10.1. The summed E-state index contributed by atoms with van der Waals surface area (Å²) in [5.74, 6) is -0.621. The third-order valence-electron chi connectivity index (χ3n) is 6.47. The van der Waals surface area contributed by atoms with Crippen molar-refractivity contribution < 1.29 is 33.6 Å². The van der Waals surface area contributed by atoms with Crippen LogP contribution in [-0.2, 0) is 33.7 Å². The normalized spacial score (nSPS) is 13.8. The third-order valence-corrected chi connectivity index (χ3v) is 6.90. The standard InChI is InChI=1S/C26H26N5O7P/c1-2-3-7-20-29-23-24(30(20)14-16-5-4-6-19(25(16)34)38-39(35,36)37)17-12-15(8-9-18(17)28-26(23)27)13-31-21(32)10-11-22(31)33/h4-6,8-12,34H,2-3,7,13-14H2,1H3,(H2,27,28)(H2,35,36,37). The van der Waals surface area contributed by atoms with Crippen LogP contribution in [-0.4, -0.2) is 46.1 Å². The zero-order valence-electron chi connectivity index (χ0n) is 20.9. The molecule has 0 fully saturated rings. The van der Waals surface area contributed by atoms with E-state index in [1.54, 1.807) is 18.2 Å². The number of amides is 2. The number of phosphoric acid groups is 1. The van der Waals surface area contributed by atoms with Crippen molar-refractivity contribution in [2.75, 3.05) is 5.73 Å². The molecule has 0 spiro atoms. The van der Waals surface area contributed by atoms with Crippen LogP contribution in [0.3, 0.4) is 0 Å². The second kappa shape index (κ2) is 10.1. The Hall–Kier alpha value is -4.25. The number of anilines is 1. The van der Waals surface area contributed by atoms with Gasteiger partial charge in [0.25, 0.3) is 11.8 Å². The molecule has 13 heteroatoms. The Kier molecular flexibility index (Phi) is 6.85. The molecule has 4 aromatic rings. The number of phenolic OH excluding ortho intramolecular Hbond substituents is 1. The number of unbranched alkanes of at least 4 members (excludes halogenated alkanes) is 1. The number of aryl methyl sites for hydroxylation is 1. The van der Waals surface area contributed by atoms with Crippen LogP contribution in [0.15, 0.2) is 48.6 Å². The zero-order valence-corrected chi connectivity index (χ0v) is 21.8. The van der Waals surface area contributed by atoms with Crippen LogP contribution >= 0.6 is 7.82 Å². The Morgan fingerprint density at radius 1 is 1.05 bits per heavy atom. The number of imidazole rings is 1. The number of hydrogen-bond acceptors (Lipinski definition) is 8. The zero-order chi connectivity index (χ0) is 27.9. The van der Waals surface area contributed by atoms with Crippen molar-refractivity contribution >= 4 is 47.4 Å². The highest BCUT2D eigenvalue weighted by Crippen LogP contribution is 2.43. The third kappa shape index (κ3) is 5.22. The van der Waals surface area contributed by atoms with Gasteiger partial charge in [-0.15, -0.1) is 0 Å². The number of imide groups is 1. The van der Waals surface area contributed by atoms with E-state index in [2.05, 4.69) is 16.4 Å². The average Bonchev–Trinajstić information content (AvgIpc) is 3.40. The van der Waals surface area contributed by atoms with Crippen LogP contribution < -0.4 is 10.3 Å². The molecule has 202 valence electrons. The molecule has 1 aliphatic heterocycles. The van der Waals surface area contributed by atoms with Crippen molar-refractivity contribution in [3.63, 3.8) is 0 Å². The summed E-state index contributed by atoms with van der Waals surface area (Å²) in [5.41, 5.74) is 9.03. The number of pyridine rings is 1. The van der Waals surface area contributed by atoms with Gasteiger partial charge < -0.3 is 19.9 Å². The van der Waals surface area contributed by atoms with Gasteiger partial charge in [-0.25, -0.2) is 14.5 Å². The molecule has 1 aliphatic rings. The first kappa shape index (κ1) is 26.4. The van der Waals surface area contributed by atoms with Crippen molar-refractivity contribution in [3.05, 3.63) is 65.5 Å². The Labute approximate surface area is 222 Å². The van der Waals surface area contributed by atoms with Gasteiger partial charge >= 0.3 is 7.82 Å². The molecule has 2 aromatic carbocycles. The van der Waals surface area contributed by atoms with Crippen molar-refractivity contribution in [3.8, 4) is 11.5 Å². The molecule has 2 amide bonds. The number of benzene rings is 2. The Balaban J connectivity index is 1.66. The van der Waals surface area contributed by atoms with E-state index < -0.39 is 13.6 Å². The number of nitrogens with zero attached hydrogens (tertiary/aromatic N) is 4. The van der Waals surface area contributed by atoms with E-state index in [0.717, 1.165) is 17.7 Å². The van der Waals surface area contributed by atoms with Crippen LogP contribution in [0.2, 0.25) is 0 Å². The minimum absolute atomic E-state index is 0.0753. The first-order chi connectivity index (χ1) is 18.6. The summed E-state index contributed by atoms with van der Waals surface area (Å²) in [6.45, 7) is 2.22. The summed E-state index contributed by atoms with van der Waals surface area (Å²) < 4.78 is 17.9. The van der Waals surface area contributed by atoms with Gasteiger partial charge in [-0.05, 0) is 30.2 Å². The molecule has 3 heterocycles. The van der Waals surface area contributed by atoms with E-state index in [0.29, 0.717) is 45.3 Å². The fraction of sp³-hybridized carbons (Fsp3) is 0.231. The summed E-state index contributed by atoms with van der Waals surface area (Å²) in [4.78, 5) is 53.1. The number of carbonyl (C=O) groups is 2. The number of para-hydroxylation sites is 1. The van der Waals surface area contributed by atoms with Crippen molar-refractivity contribution in [1.82, 2.24) is 19.4 Å². The summed E-state index contributed by atoms with van der Waals surface area (Å²) in [6, 6.07) is 9.77. The fourth-order valence-corrected chi connectivity index (χ4v) is 5.04. The van der Waals surface area contributed by atoms with E-state index in [-0.39, 0.29) is 36.5 Å². The highest BCUT2D eigenvalue weighted by atomic mass is 31.2. The molecule has 0 aliphatic carbocycles. The van der Waals surface area contributed by atoms with Crippen molar-refractivity contribution in [2.24, 2.45) is 0 Å². The summed E-state index contributed by atoms with van der Waals surface area (Å²) in [5, 5.41) is 11.5. The maximum atomic E-state index is 12.1. The van der Waals surface area contributed by atoms with Gasteiger partial charge in [0.2, 0.25) is 0 Å². The van der Waals surface area contributed by atoms with Gasteiger partial charge in [0.05, 0.1) is 24.1 Å². The van der Waals surface area contributed by atoms with Gasteiger partial charge in [-0.3, -0.25) is 24.3 Å². The minimum Gasteiger partial charge on any atom is -0.504 e. The first-order valence-corrected chi connectivity index (χ1v) is 13.8. The topological polar surface area (TPSA) is 181 Å². The summed E-state index contributed by atoms with van der Waals surface area (Å²) >= 11 is 0. The number of aromatic hydroxyl groups is 1. The molecule has 5 rings (SSSR count). The molecule has 0 atom stereocenters. The number of carbonyl (C=O) groups excluding carboxylic acids is 2. The largest absolute Gasteiger partial charge is 0.524 e. The minimum atomic E-state index is -4.90. The molecule has 0 saturated carbocycles. The molecule has 2 aromatic heterocycles. The molecule has 0 bridgehead atoms. The van der Waals surface area contributed by atoms with E-state index >= 15 is 0 Å². The number of hydrogen-bond donors (Lipinski definition) is 4. The molecular weight excluding hydrogens is 525 g/mol. The fourth-order valence-electron chi connectivity index (χ4n) is 4.64. The van der Waals surface area contributed by atoms with Gasteiger partial charge in [-0.2, -0.15) is 0 Å². The van der Waals surface area contributed by atoms with Crippen LogP contribution in [0.25, 0.3) is 21.9 Å². The quantitative estimate of drug-likeness (QED) is 0.178. The molecule has 0 unspecified atom stereocenters.